The molecular weight excluding hydrogens is 517 g/mol. The quantitative estimate of drug-likeness (QED) is 0.291. The lowest BCUT2D eigenvalue weighted by Gasteiger charge is -2.44. The van der Waals surface area contributed by atoms with Crippen LogP contribution >= 0.6 is 0 Å². The molecule has 0 N–H and O–H groups in total. The fourth-order valence-corrected chi connectivity index (χ4v) is 10.7. The Bertz CT molecular complexity index is 1340. The molecule has 0 aliphatic rings. The number of rotatable bonds is 4. The molecule has 0 bridgehead atoms. The van der Waals surface area contributed by atoms with Gasteiger partial charge in [0.1, 0.15) is 8.07 Å². The summed E-state index contributed by atoms with van der Waals surface area (Å²) in [6.07, 6.45) is 0. The van der Waals surface area contributed by atoms with Gasteiger partial charge in [0, 0.05) is 16.4 Å². The summed E-state index contributed by atoms with van der Waals surface area (Å²) in [5.74, 6) is 0.859. The van der Waals surface area contributed by atoms with Crippen LogP contribution in [0.4, 0.5) is 0 Å². The Hall–Kier alpha value is -2.05. The number of nitrogens with zero attached hydrogens (tertiary/aromatic N) is 2. The molecule has 1 aromatic heterocycles. The first-order valence-corrected chi connectivity index (χ1v) is 21.0. The zero-order valence-corrected chi connectivity index (χ0v) is 30.5. The normalized spacial score (nSPS) is 14.0. The second kappa shape index (κ2) is 10.3. The molecule has 1 heterocycles. The lowest BCUT2D eigenvalue weighted by atomic mass is 9.86. The summed E-state index contributed by atoms with van der Waals surface area (Å²) in [5.41, 5.74) is 6.36. The molecule has 4 heteroatoms. The molecule has 0 saturated carbocycles. The van der Waals surface area contributed by atoms with Gasteiger partial charge in [0.05, 0.1) is 13.8 Å². The molecule has 0 amide bonds. The van der Waals surface area contributed by atoms with Crippen molar-refractivity contribution in [3.05, 3.63) is 59.7 Å². The van der Waals surface area contributed by atoms with E-state index in [4.69, 9.17) is 9.97 Å². The minimum Gasteiger partial charge on any atom is -0.238 e. The summed E-state index contributed by atoms with van der Waals surface area (Å²) in [7, 11) is -4.08. The predicted octanol–water partition coefficient (Wildman–Crippen LogP) is 9.84. The van der Waals surface area contributed by atoms with Crippen LogP contribution in [0.5, 0.6) is 0 Å². The molecule has 3 rings (SSSR count). The predicted molar refractivity (Wildman–Crippen MR) is 184 cm³/mol. The zero-order chi connectivity index (χ0) is 30.7. The van der Waals surface area contributed by atoms with E-state index in [1.165, 1.54) is 27.2 Å². The molecule has 3 aromatic rings. The minimum absolute atomic E-state index is 0.109. The first-order valence-electron chi connectivity index (χ1n) is 15.0. The Morgan fingerprint density at radius 1 is 0.475 bits per heavy atom. The highest BCUT2D eigenvalue weighted by Gasteiger charge is 2.48. The van der Waals surface area contributed by atoms with Crippen LogP contribution in [0, 0.1) is 0 Å². The third-order valence-corrected chi connectivity index (χ3v) is 20.9. The highest BCUT2D eigenvalue weighted by Crippen LogP contribution is 2.41. The van der Waals surface area contributed by atoms with Crippen LogP contribution in [0.2, 0.25) is 36.3 Å². The molecule has 2 nitrogen and oxygen atoms in total. The van der Waals surface area contributed by atoms with E-state index in [-0.39, 0.29) is 20.9 Å². The molecule has 0 spiro atoms. The monoisotopic (exact) mass is 572 g/mol. The third kappa shape index (κ3) is 6.23. The van der Waals surface area contributed by atoms with Gasteiger partial charge >= 0.3 is 0 Å². The van der Waals surface area contributed by atoms with E-state index >= 15 is 0 Å². The summed E-state index contributed by atoms with van der Waals surface area (Å²) in [6, 6.07) is 18.2. The van der Waals surface area contributed by atoms with E-state index in [1.807, 2.05) is 0 Å². The van der Waals surface area contributed by atoms with Crippen LogP contribution in [0.1, 0.15) is 94.2 Å². The van der Waals surface area contributed by atoms with Crippen LogP contribution < -0.4 is 10.5 Å². The van der Waals surface area contributed by atoms with Crippen LogP contribution in [0.25, 0.3) is 22.6 Å². The number of benzene rings is 2. The summed E-state index contributed by atoms with van der Waals surface area (Å²) in [6.45, 7) is 38.2. The van der Waals surface area contributed by atoms with Crippen molar-refractivity contribution in [2.24, 2.45) is 0 Å². The van der Waals surface area contributed by atoms with E-state index in [0.717, 1.165) is 17.1 Å². The first-order chi connectivity index (χ1) is 17.9. The molecule has 0 unspecified atom stereocenters. The standard InChI is InChI=1S/C36H56N2Si2/c1-33(2,3)27-21-17-25(18-22-27)29-30(39(13,14)35(7,8)9)32(40(15,16)36(10,11)12)38-31(37-29)26-19-23-28(24-20-26)34(4,5)6/h17-24H,1-16H3. The smallest absolute Gasteiger partial charge is 0.159 e. The molecular formula is C36H56N2Si2. The van der Waals surface area contributed by atoms with Crippen molar-refractivity contribution >= 4 is 26.7 Å². The molecule has 0 saturated heterocycles. The molecule has 40 heavy (non-hydrogen) atoms. The summed E-state index contributed by atoms with van der Waals surface area (Å²) >= 11 is 0. The lowest BCUT2D eigenvalue weighted by molar-refractivity contribution is 0.590. The first kappa shape index (κ1) is 32.5. The second-order valence-electron chi connectivity index (χ2n) is 17.0. The molecule has 0 atom stereocenters. The molecule has 0 aliphatic carbocycles. The van der Waals surface area contributed by atoms with E-state index in [1.54, 1.807) is 0 Å². The topological polar surface area (TPSA) is 25.8 Å². The van der Waals surface area contributed by atoms with Gasteiger partial charge in [-0.15, -0.1) is 0 Å². The van der Waals surface area contributed by atoms with Gasteiger partial charge in [-0.05, 0) is 37.2 Å². The molecule has 2 aromatic carbocycles. The van der Waals surface area contributed by atoms with E-state index in [2.05, 4.69) is 158 Å². The van der Waals surface area contributed by atoms with E-state index in [0.29, 0.717) is 0 Å². The maximum atomic E-state index is 5.58. The zero-order valence-electron chi connectivity index (χ0n) is 28.5. The second-order valence-corrected chi connectivity index (χ2v) is 27.5. The van der Waals surface area contributed by atoms with Crippen LogP contribution in [-0.4, -0.2) is 26.1 Å². The van der Waals surface area contributed by atoms with Gasteiger partial charge in [-0.25, -0.2) is 9.97 Å². The Labute approximate surface area is 248 Å². The number of aromatic nitrogens is 2. The van der Waals surface area contributed by atoms with E-state index < -0.39 is 16.1 Å². The fourth-order valence-electron chi connectivity index (χ4n) is 4.82. The Morgan fingerprint density at radius 3 is 1.20 bits per heavy atom. The maximum Gasteiger partial charge on any atom is 0.159 e. The van der Waals surface area contributed by atoms with Gasteiger partial charge in [0.25, 0.3) is 0 Å². The van der Waals surface area contributed by atoms with E-state index in [9.17, 15) is 0 Å². The highest BCUT2D eigenvalue weighted by molar-refractivity contribution is 7.01. The average Bonchev–Trinajstić information content (AvgIpc) is 2.81. The van der Waals surface area contributed by atoms with Crippen molar-refractivity contribution in [1.29, 1.82) is 0 Å². The third-order valence-electron chi connectivity index (χ3n) is 9.91. The minimum atomic E-state index is -2.04. The Kier molecular flexibility index (Phi) is 8.40. The average molecular weight is 573 g/mol. The van der Waals surface area contributed by atoms with Crippen molar-refractivity contribution in [2.45, 2.75) is 130 Å². The Morgan fingerprint density at radius 2 is 0.850 bits per heavy atom. The summed E-state index contributed by atoms with van der Waals surface area (Å²) in [5, 5.41) is 3.12. The van der Waals surface area contributed by atoms with Gasteiger partial charge in [-0.3, -0.25) is 0 Å². The summed E-state index contributed by atoms with van der Waals surface area (Å²) < 4.78 is 0. The van der Waals surface area contributed by atoms with Gasteiger partial charge in [-0.2, -0.15) is 0 Å². The van der Waals surface area contributed by atoms with Crippen LogP contribution in [-0.2, 0) is 10.8 Å². The van der Waals surface area contributed by atoms with Crippen molar-refractivity contribution in [1.82, 2.24) is 9.97 Å². The largest absolute Gasteiger partial charge is 0.238 e. The fraction of sp³-hybridized carbons (Fsp3) is 0.556. The van der Waals surface area contributed by atoms with Crippen molar-refractivity contribution < 1.29 is 0 Å². The van der Waals surface area contributed by atoms with Gasteiger partial charge in [0.2, 0.25) is 0 Å². The molecule has 0 fully saturated rings. The van der Waals surface area contributed by atoms with Crippen LogP contribution in [0.3, 0.4) is 0 Å². The number of hydrogen-bond acceptors (Lipinski definition) is 2. The maximum absolute atomic E-state index is 5.58. The highest BCUT2D eigenvalue weighted by atomic mass is 28.3. The van der Waals surface area contributed by atoms with Gasteiger partial charge in [0.15, 0.2) is 5.82 Å². The van der Waals surface area contributed by atoms with Crippen molar-refractivity contribution in [2.75, 3.05) is 0 Å². The molecule has 218 valence electrons. The van der Waals surface area contributed by atoms with Crippen LogP contribution in [0.15, 0.2) is 48.5 Å². The van der Waals surface area contributed by atoms with Crippen molar-refractivity contribution in [3.8, 4) is 22.6 Å². The summed E-state index contributed by atoms with van der Waals surface area (Å²) in [4.78, 5) is 11.1. The lowest BCUT2D eigenvalue weighted by Crippen LogP contribution is -2.66. The Balaban J connectivity index is 2.49. The number of hydrogen-bond donors (Lipinski definition) is 0. The van der Waals surface area contributed by atoms with Gasteiger partial charge in [-0.1, -0.05) is 158 Å². The molecule has 0 radical (unpaired) electrons. The molecule has 0 aliphatic heterocycles. The SMILES string of the molecule is CC(C)(C)c1ccc(-c2nc(-c3ccc(C(C)(C)C)cc3)c([Si](C)(C)C(C)(C)C)c([Si](C)(C)C(C)(C)C)n2)cc1. The van der Waals surface area contributed by atoms with Gasteiger partial charge < -0.3 is 0 Å². The van der Waals surface area contributed by atoms with Crippen molar-refractivity contribution in [3.63, 3.8) is 0 Å².